The Morgan fingerprint density at radius 1 is 1.17 bits per heavy atom. The van der Waals surface area contributed by atoms with Gasteiger partial charge in [-0.1, -0.05) is 18.2 Å². The van der Waals surface area contributed by atoms with Crippen LogP contribution in [-0.2, 0) is 16.0 Å². The molecule has 0 saturated carbocycles. The summed E-state index contributed by atoms with van der Waals surface area (Å²) >= 11 is 0. The molecule has 30 heavy (non-hydrogen) atoms. The van der Waals surface area contributed by atoms with E-state index in [0.29, 0.717) is 12.0 Å². The minimum absolute atomic E-state index is 0.0673. The Balaban J connectivity index is 1.46. The quantitative estimate of drug-likeness (QED) is 0.795. The lowest BCUT2D eigenvalue weighted by Crippen LogP contribution is -2.70. The number of halogens is 1. The molecule has 2 fully saturated rings. The molecule has 2 aromatic carbocycles. The van der Waals surface area contributed by atoms with Gasteiger partial charge in [-0.3, -0.25) is 14.4 Å². The molecule has 2 aromatic rings. The Bertz CT molecular complexity index is 1010. The first kappa shape index (κ1) is 19.9. The lowest BCUT2D eigenvalue weighted by molar-refractivity contribution is -0.152. The first-order valence-corrected chi connectivity index (χ1v) is 9.77. The molecule has 2 atom stereocenters. The Hall–Kier alpha value is -3.42. The maximum absolute atomic E-state index is 13.8. The summed E-state index contributed by atoms with van der Waals surface area (Å²) in [5.41, 5.74) is 1.49. The molecule has 0 bridgehead atoms. The van der Waals surface area contributed by atoms with Gasteiger partial charge in [0.2, 0.25) is 11.8 Å². The van der Waals surface area contributed by atoms with Crippen LogP contribution in [0.15, 0.2) is 42.5 Å². The zero-order valence-corrected chi connectivity index (χ0v) is 16.5. The molecule has 156 valence electrons. The highest BCUT2D eigenvalue weighted by molar-refractivity contribution is 5.99. The third-order valence-electron chi connectivity index (χ3n) is 5.66. The van der Waals surface area contributed by atoms with Crippen LogP contribution in [0.4, 0.5) is 4.39 Å². The number of carbonyl (C=O) groups excluding carboxylic acids is 3. The molecule has 7 nitrogen and oxygen atoms in total. The summed E-state index contributed by atoms with van der Waals surface area (Å²) in [4.78, 5) is 41.4. The second-order valence-electron chi connectivity index (χ2n) is 7.69. The summed E-state index contributed by atoms with van der Waals surface area (Å²) in [5, 5.41) is 12.1. The number of phenolic OH excluding ortho intramolecular Hbond substituents is 1. The van der Waals surface area contributed by atoms with E-state index in [1.54, 1.807) is 31.2 Å². The third-order valence-corrected chi connectivity index (χ3v) is 5.66. The van der Waals surface area contributed by atoms with Gasteiger partial charge in [-0.05, 0) is 42.3 Å². The molecule has 0 spiro atoms. The predicted octanol–water partition coefficient (Wildman–Crippen LogP) is 1.23. The van der Waals surface area contributed by atoms with Crippen LogP contribution in [0.3, 0.4) is 0 Å². The first-order chi connectivity index (χ1) is 14.3. The summed E-state index contributed by atoms with van der Waals surface area (Å²) < 4.78 is 13.8. The smallest absolute Gasteiger partial charge is 0.254 e. The Kier molecular flexibility index (Phi) is 5.15. The molecule has 3 amide bonds. The molecule has 8 heteroatoms. The number of amides is 3. The van der Waals surface area contributed by atoms with Crippen molar-refractivity contribution in [3.8, 4) is 5.75 Å². The van der Waals surface area contributed by atoms with E-state index in [9.17, 15) is 23.9 Å². The van der Waals surface area contributed by atoms with E-state index >= 15 is 0 Å². The van der Waals surface area contributed by atoms with Crippen LogP contribution in [0.2, 0.25) is 0 Å². The van der Waals surface area contributed by atoms with Crippen LogP contribution in [0.1, 0.15) is 21.5 Å². The highest BCUT2D eigenvalue weighted by Crippen LogP contribution is 2.21. The van der Waals surface area contributed by atoms with E-state index in [2.05, 4.69) is 5.32 Å². The second-order valence-corrected chi connectivity index (χ2v) is 7.69. The Morgan fingerprint density at radius 2 is 1.90 bits per heavy atom. The van der Waals surface area contributed by atoms with Crippen LogP contribution in [0.5, 0.6) is 5.75 Å². The van der Waals surface area contributed by atoms with Crippen molar-refractivity contribution in [1.29, 1.82) is 0 Å². The van der Waals surface area contributed by atoms with E-state index < -0.39 is 17.9 Å². The molecule has 0 radical (unpaired) electrons. The normalized spacial score (nSPS) is 21.3. The van der Waals surface area contributed by atoms with Gasteiger partial charge in [0.1, 0.15) is 23.7 Å². The molecular weight excluding hydrogens is 389 g/mol. The number of hydrogen-bond donors (Lipinski definition) is 2. The van der Waals surface area contributed by atoms with Gasteiger partial charge >= 0.3 is 0 Å². The number of nitrogens with zero attached hydrogens (tertiary/aromatic N) is 2. The van der Waals surface area contributed by atoms with Crippen LogP contribution in [0, 0.1) is 12.7 Å². The van der Waals surface area contributed by atoms with Crippen LogP contribution < -0.4 is 5.32 Å². The van der Waals surface area contributed by atoms with E-state index in [-0.39, 0.29) is 48.7 Å². The lowest BCUT2D eigenvalue weighted by atomic mass is 9.98. The van der Waals surface area contributed by atoms with Crippen molar-refractivity contribution in [2.24, 2.45) is 0 Å². The maximum atomic E-state index is 13.8. The minimum atomic E-state index is -0.762. The number of aryl methyl sites for hydroxylation is 1. The van der Waals surface area contributed by atoms with Gasteiger partial charge in [0.05, 0.1) is 6.54 Å². The van der Waals surface area contributed by atoms with Crippen molar-refractivity contribution in [1.82, 2.24) is 15.1 Å². The highest BCUT2D eigenvalue weighted by atomic mass is 19.1. The third kappa shape index (κ3) is 3.72. The van der Waals surface area contributed by atoms with Crippen molar-refractivity contribution >= 4 is 17.7 Å². The van der Waals surface area contributed by atoms with E-state index in [0.717, 1.165) is 5.56 Å². The summed E-state index contributed by atoms with van der Waals surface area (Å²) in [6, 6.07) is 9.33. The summed E-state index contributed by atoms with van der Waals surface area (Å²) in [5.74, 6) is -1.19. The van der Waals surface area contributed by atoms with Gasteiger partial charge in [0.15, 0.2) is 0 Å². The molecule has 4 rings (SSSR count). The molecule has 2 N–H and O–H groups in total. The van der Waals surface area contributed by atoms with E-state index in [1.165, 1.54) is 28.0 Å². The standard InChI is InChI=1S/C22H22FN3O4/c1-13-2-5-15(11-17(13)23)21(29)25-8-9-26-19(12-25)20(28)24-18(22(26)30)10-14-3-6-16(27)7-4-14/h2-7,11,18-19,27H,8-10,12H2,1H3,(H,24,28)/t18-,19+/m0/s1. The topological polar surface area (TPSA) is 90.0 Å². The van der Waals surface area contributed by atoms with Gasteiger partial charge in [-0.15, -0.1) is 0 Å². The van der Waals surface area contributed by atoms with Gasteiger partial charge in [-0.2, -0.15) is 0 Å². The van der Waals surface area contributed by atoms with Gasteiger partial charge in [0.25, 0.3) is 5.91 Å². The molecule has 0 aliphatic carbocycles. The average Bonchev–Trinajstić information content (AvgIpc) is 2.74. The van der Waals surface area contributed by atoms with E-state index in [4.69, 9.17) is 0 Å². The molecular formula is C22H22FN3O4. The maximum Gasteiger partial charge on any atom is 0.254 e. The van der Waals surface area contributed by atoms with Crippen molar-refractivity contribution in [2.45, 2.75) is 25.4 Å². The number of hydrogen-bond acceptors (Lipinski definition) is 4. The fourth-order valence-corrected chi connectivity index (χ4v) is 3.90. The average molecular weight is 411 g/mol. The van der Waals surface area contributed by atoms with Gasteiger partial charge in [0, 0.05) is 25.1 Å². The molecule has 2 aliphatic rings. The minimum Gasteiger partial charge on any atom is -0.508 e. The van der Waals surface area contributed by atoms with Crippen LogP contribution >= 0.6 is 0 Å². The second kappa shape index (κ2) is 7.78. The monoisotopic (exact) mass is 411 g/mol. The van der Waals surface area contributed by atoms with Crippen molar-refractivity contribution < 1.29 is 23.9 Å². The number of carbonyl (C=O) groups is 3. The molecule has 2 heterocycles. The van der Waals surface area contributed by atoms with Crippen molar-refractivity contribution in [3.63, 3.8) is 0 Å². The zero-order chi connectivity index (χ0) is 21.4. The zero-order valence-electron chi connectivity index (χ0n) is 16.5. The summed E-state index contributed by atoms with van der Waals surface area (Å²) in [6.07, 6.45) is 0.319. The largest absolute Gasteiger partial charge is 0.508 e. The first-order valence-electron chi connectivity index (χ1n) is 9.77. The SMILES string of the molecule is Cc1ccc(C(=O)N2CCN3C(=O)[C@H](Cc4ccc(O)cc4)NC(=O)[C@H]3C2)cc1F. The fraction of sp³-hybridized carbons (Fsp3) is 0.318. The van der Waals surface area contributed by atoms with Gasteiger partial charge in [-0.25, -0.2) is 4.39 Å². The molecule has 2 aliphatic heterocycles. The Labute approximate surface area is 173 Å². The number of benzene rings is 2. The molecule has 0 unspecified atom stereocenters. The Morgan fingerprint density at radius 3 is 2.60 bits per heavy atom. The van der Waals surface area contributed by atoms with Crippen LogP contribution in [-0.4, -0.2) is 64.3 Å². The van der Waals surface area contributed by atoms with Crippen LogP contribution in [0.25, 0.3) is 0 Å². The fourth-order valence-electron chi connectivity index (χ4n) is 3.90. The van der Waals surface area contributed by atoms with E-state index in [1.807, 2.05) is 0 Å². The molecule has 2 saturated heterocycles. The molecule has 0 aromatic heterocycles. The number of fused-ring (bicyclic) bond motifs is 1. The number of rotatable bonds is 3. The lowest BCUT2D eigenvalue weighted by Gasteiger charge is -2.45. The number of aromatic hydroxyl groups is 1. The van der Waals surface area contributed by atoms with Crippen molar-refractivity contribution in [3.05, 3.63) is 65.0 Å². The predicted molar refractivity (Wildman–Crippen MR) is 106 cm³/mol. The van der Waals surface area contributed by atoms with Gasteiger partial charge < -0.3 is 20.2 Å². The highest BCUT2D eigenvalue weighted by Gasteiger charge is 2.44. The summed E-state index contributed by atoms with van der Waals surface area (Å²) in [7, 11) is 0. The number of nitrogens with one attached hydrogen (secondary N) is 1. The number of piperazine rings is 2. The number of phenols is 1. The summed E-state index contributed by atoms with van der Waals surface area (Å²) in [6.45, 7) is 2.20. The van der Waals surface area contributed by atoms with Crippen molar-refractivity contribution in [2.75, 3.05) is 19.6 Å².